The van der Waals surface area contributed by atoms with Gasteiger partial charge in [0.2, 0.25) is 0 Å². The van der Waals surface area contributed by atoms with Crippen LogP contribution < -0.4 is 0 Å². The molecule has 1 fully saturated rings. The van der Waals surface area contributed by atoms with Gasteiger partial charge >= 0.3 is 6.16 Å². The van der Waals surface area contributed by atoms with Crippen molar-refractivity contribution in [1.82, 2.24) is 0 Å². The van der Waals surface area contributed by atoms with Crippen LogP contribution in [0.1, 0.15) is 6.42 Å². The maximum absolute atomic E-state index is 10.4. The van der Waals surface area contributed by atoms with Crippen molar-refractivity contribution in [3.63, 3.8) is 0 Å². The molecule has 0 saturated carbocycles. The van der Waals surface area contributed by atoms with Crippen LogP contribution in [0, 0.1) is 11.3 Å². The zero-order valence-electron chi connectivity index (χ0n) is 6.99. The van der Waals surface area contributed by atoms with Gasteiger partial charge in [-0.05, 0) is 6.08 Å². The van der Waals surface area contributed by atoms with Crippen molar-refractivity contribution in [3.05, 3.63) is 11.8 Å². The minimum atomic E-state index is -0.678. The molecular weight excluding hydrogens is 174 g/mol. The van der Waals surface area contributed by atoms with Crippen LogP contribution in [0.4, 0.5) is 4.79 Å². The topological polar surface area (TPSA) is 68.5 Å². The van der Waals surface area contributed by atoms with Crippen LogP contribution in [0.5, 0.6) is 0 Å². The van der Waals surface area contributed by atoms with Crippen LogP contribution in [0.2, 0.25) is 0 Å². The molecule has 1 aliphatic rings. The highest BCUT2D eigenvalue weighted by molar-refractivity contribution is 5.64. The number of hydrogen-bond acceptors (Lipinski definition) is 5. The number of carbonyl (C=O) groups excluding carboxylic acids is 1. The normalized spacial score (nSPS) is 18.1. The fraction of sp³-hybridized carbons (Fsp3) is 0.500. The summed E-state index contributed by atoms with van der Waals surface area (Å²) in [7, 11) is 0. The van der Waals surface area contributed by atoms with Gasteiger partial charge in [-0.15, -0.1) is 0 Å². The van der Waals surface area contributed by atoms with E-state index < -0.39 is 6.16 Å². The Morgan fingerprint density at radius 3 is 3.15 bits per heavy atom. The highest BCUT2D eigenvalue weighted by atomic mass is 16.8. The van der Waals surface area contributed by atoms with Crippen molar-refractivity contribution in [3.8, 4) is 6.07 Å². The van der Waals surface area contributed by atoms with Gasteiger partial charge in [-0.25, -0.2) is 4.79 Å². The Balaban J connectivity index is 2.11. The fourth-order valence-electron chi connectivity index (χ4n) is 0.750. The Hall–Kier alpha value is -1.54. The highest BCUT2D eigenvalue weighted by Crippen LogP contribution is 2.08. The summed E-state index contributed by atoms with van der Waals surface area (Å²) in [6, 6.07) is 1.95. The molecular formula is C8H9NO4. The average molecular weight is 183 g/mol. The second-order valence-electron chi connectivity index (χ2n) is 2.29. The lowest BCUT2D eigenvalue weighted by atomic mass is 10.4. The molecule has 1 aliphatic heterocycles. The van der Waals surface area contributed by atoms with Gasteiger partial charge in [-0.1, -0.05) is 0 Å². The molecule has 0 aromatic rings. The molecule has 0 unspecified atom stereocenters. The van der Waals surface area contributed by atoms with Crippen LogP contribution in [0.15, 0.2) is 11.8 Å². The maximum Gasteiger partial charge on any atom is 0.514 e. The number of carbonyl (C=O) groups is 1. The third-order valence-corrected chi connectivity index (χ3v) is 1.33. The fourth-order valence-corrected chi connectivity index (χ4v) is 0.750. The Morgan fingerprint density at radius 1 is 1.69 bits per heavy atom. The van der Waals surface area contributed by atoms with E-state index in [1.54, 1.807) is 6.08 Å². The smallest absolute Gasteiger partial charge is 0.426 e. The van der Waals surface area contributed by atoms with Gasteiger partial charge in [0.05, 0.1) is 25.7 Å². The van der Waals surface area contributed by atoms with Gasteiger partial charge in [-0.2, -0.15) is 5.26 Å². The first-order valence-electron chi connectivity index (χ1n) is 3.81. The highest BCUT2D eigenvalue weighted by Gasteiger charge is 2.17. The van der Waals surface area contributed by atoms with Crippen molar-refractivity contribution < 1.29 is 19.0 Å². The number of nitriles is 1. The van der Waals surface area contributed by atoms with Crippen molar-refractivity contribution in [2.75, 3.05) is 19.8 Å². The number of rotatable bonds is 4. The molecule has 70 valence electrons. The van der Waals surface area contributed by atoms with Crippen molar-refractivity contribution in [2.45, 2.75) is 6.42 Å². The number of ether oxygens (including phenoxy) is 3. The summed E-state index contributed by atoms with van der Waals surface area (Å²) in [5.41, 5.74) is 0. The Kier molecular flexibility index (Phi) is 3.79. The van der Waals surface area contributed by atoms with E-state index in [0.717, 1.165) is 0 Å². The van der Waals surface area contributed by atoms with E-state index in [0.29, 0.717) is 25.4 Å². The Morgan fingerprint density at radius 2 is 2.54 bits per heavy atom. The third-order valence-electron chi connectivity index (χ3n) is 1.33. The van der Waals surface area contributed by atoms with Gasteiger partial charge in [0.1, 0.15) is 5.76 Å². The SMILES string of the molecule is N#CCCOCC=C1COC(=O)O1. The molecule has 0 N–H and O–H groups in total. The zero-order chi connectivity index (χ0) is 9.52. The average Bonchev–Trinajstić information content (AvgIpc) is 2.51. The molecule has 5 heteroatoms. The standard InChI is InChI=1S/C8H9NO4/c9-3-1-4-11-5-2-7-6-12-8(10)13-7/h2H,1,4-6H2. The van der Waals surface area contributed by atoms with E-state index in [1.165, 1.54) is 0 Å². The van der Waals surface area contributed by atoms with E-state index in [1.807, 2.05) is 6.07 Å². The zero-order valence-corrected chi connectivity index (χ0v) is 6.99. The molecule has 0 atom stereocenters. The monoisotopic (exact) mass is 183 g/mol. The summed E-state index contributed by atoms with van der Waals surface area (Å²) in [6.07, 6.45) is 1.30. The van der Waals surface area contributed by atoms with E-state index in [-0.39, 0.29) is 6.61 Å². The first-order chi connectivity index (χ1) is 6.33. The van der Waals surface area contributed by atoms with Gasteiger partial charge in [0, 0.05) is 0 Å². The van der Waals surface area contributed by atoms with Gasteiger partial charge < -0.3 is 14.2 Å². The Labute approximate surface area is 75.5 Å². The molecule has 0 aromatic heterocycles. The molecule has 0 aromatic carbocycles. The lowest BCUT2D eigenvalue weighted by Gasteiger charge is -1.95. The van der Waals surface area contributed by atoms with Crippen LogP contribution in [-0.4, -0.2) is 26.0 Å². The maximum atomic E-state index is 10.4. The number of cyclic esters (lactones) is 2. The summed E-state index contributed by atoms with van der Waals surface area (Å²) < 4.78 is 14.2. The van der Waals surface area contributed by atoms with Crippen molar-refractivity contribution >= 4 is 6.16 Å². The van der Waals surface area contributed by atoms with Gasteiger partial charge in [0.15, 0.2) is 6.61 Å². The van der Waals surface area contributed by atoms with Crippen molar-refractivity contribution in [1.29, 1.82) is 5.26 Å². The molecule has 0 amide bonds. The van der Waals surface area contributed by atoms with Crippen LogP contribution in [0.3, 0.4) is 0 Å². The number of hydrogen-bond donors (Lipinski definition) is 0. The predicted molar refractivity (Wildman–Crippen MR) is 41.6 cm³/mol. The van der Waals surface area contributed by atoms with E-state index >= 15 is 0 Å². The molecule has 0 spiro atoms. The molecule has 1 saturated heterocycles. The summed E-state index contributed by atoms with van der Waals surface area (Å²) in [5, 5.41) is 8.18. The summed E-state index contributed by atoms with van der Waals surface area (Å²) in [5.74, 6) is 0.460. The first kappa shape index (κ1) is 9.55. The Bertz CT molecular complexity index is 253. The molecule has 1 rings (SSSR count). The predicted octanol–water partition coefficient (Wildman–Crippen LogP) is 0.967. The van der Waals surface area contributed by atoms with E-state index in [4.69, 9.17) is 10.00 Å². The van der Waals surface area contributed by atoms with Crippen LogP contribution in [0.25, 0.3) is 0 Å². The first-order valence-corrected chi connectivity index (χ1v) is 3.81. The minimum absolute atomic E-state index is 0.167. The molecule has 0 radical (unpaired) electrons. The van der Waals surface area contributed by atoms with Crippen molar-refractivity contribution in [2.24, 2.45) is 0 Å². The molecule has 5 nitrogen and oxygen atoms in total. The molecule has 0 bridgehead atoms. The molecule has 1 heterocycles. The van der Waals surface area contributed by atoms with Crippen LogP contribution in [-0.2, 0) is 14.2 Å². The molecule has 13 heavy (non-hydrogen) atoms. The van der Waals surface area contributed by atoms with E-state index in [9.17, 15) is 4.79 Å². The second-order valence-corrected chi connectivity index (χ2v) is 2.29. The number of nitrogens with zero attached hydrogens (tertiary/aromatic N) is 1. The lowest BCUT2D eigenvalue weighted by molar-refractivity contribution is 0.135. The second kappa shape index (κ2) is 5.17. The lowest BCUT2D eigenvalue weighted by Crippen LogP contribution is -1.95. The van der Waals surface area contributed by atoms with Crippen LogP contribution >= 0.6 is 0 Å². The summed E-state index contributed by atoms with van der Waals surface area (Å²) in [4.78, 5) is 10.4. The third kappa shape index (κ3) is 3.58. The van der Waals surface area contributed by atoms with E-state index in [2.05, 4.69) is 9.47 Å². The quantitative estimate of drug-likeness (QED) is 0.479. The van der Waals surface area contributed by atoms with Gasteiger partial charge in [0.25, 0.3) is 0 Å². The largest absolute Gasteiger partial charge is 0.514 e. The minimum Gasteiger partial charge on any atom is -0.426 e. The summed E-state index contributed by atoms with van der Waals surface area (Å²) in [6.45, 7) is 0.878. The summed E-state index contributed by atoms with van der Waals surface area (Å²) >= 11 is 0. The van der Waals surface area contributed by atoms with Gasteiger partial charge in [-0.3, -0.25) is 0 Å². The molecule has 0 aliphatic carbocycles.